The Kier molecular flexibility index (Phi) is 10.9. The molecule has 1 fully saturated rings. The number of esters is 2. The lowest BCUT2D eigenvalue weighted by molar-refractivity contribution is -0.190. The fraction of sp³-hybridized carbons (Fsp3) is 0.379. The zero-order valence-electron chi connectivity index (χ0n) is 25.5. The number of amides is 1. The van der Waals surface area contributed by atoms with E-state index in [1.165, 1.54) is 16.7 Å². The molecule has 268 valence electrons. The van der Waals surface area contributed by atoms with Crippen LogP contribution in [-0.4, -0.2) is 86.2 Å². The standard InChI is InChI=1S/C29H25Cl2F6N7O5S/c1-50-8-6-16(22-39-15-5-4-12(30)9-17(15)41-22)40-23-19-18(42-27(43-23)49-26(47)29(35,36)37)10-14(24(45)44-7-2-3-13(44)11-38)20(31)21(19)48-25(46)28(32,33)34/h4-5,9-10,13,16H,2-3,6-8,11,38H2,1H3,(H,39,41)(H,40,42,43)/t13-,16+/m1/s1. The number of thioether (sulfide) groups is 1. The predicted molar refractivity (Wildman–Crippen MR) is 172 cm³/mol. The second-order valence-electron chi connectivity index (χ2n) is 10.9. The smallest absolute Gasteiger partial charge is 0.417 e. The van der Waals surface area contributed by atoms with E-state index < -0.39 is 81.3 Å². The number of likely N-dealkylation sites (tertiary alicyclic amines) is 1. The van der Waals surface area contributed by atoms with Gasteiger partial charge >= 0.3 is 30.3 Å². The number of H-pyrrole nitrogens is 1. The highest BCUT2D eigenvalue weighted by Gasteiger charge is 2.44. The maximum absolute atomic E-state index is 13.7. The molecule has 3 heterocycles. The molecule has 0 bridgehead atoms. The van der Waals surface area contributed by atoms with Crippen molar-refractivity contribution in [2.45, 2.75) is 43.7 Å². The van der Waals surface area contributed by atoms with E-state index in [-0.39, 0.29) is 25.3 Å². The second-order valence-corrected chi connectivity index (χ2v) is 12.7. The summed E-state index contributed by atoms with van der Waals surface area (Å²) in [6.07, 6.45) is -8.00. The first kappa shape index (κ1) is 37.2. The minimum absolute atomic E-state index is 0.0338. The number of benzene rings is 2. The lowest BCUT2D eigenvalue weighted by atomic mass is 10.1. The van der Waals surface area contributed by atoms with Crippen LogP contribution in [0.15, 0.2) is 24.3 Å². The molecule has 2 atom stereocenters. The number of imidazole rings is 1. The molecular weight excluding hydrogens is 743 g/mol. The molecule has 0 unspecified atom stereocenters. The molecule has 50 heavy (non-hydrogen) atoms. The first-order chi connectivity index (χ1) is 23.5. The monoisotopic (exact) mass is 767 g/mol. The third-order valence-corrected chi connectivity index (χ3v) is 8.81. The molecular formula is C29H25Cl2F6N7O5S. The SMILES string of the molecule is CSCC[C@H](Nc1nc(OC(=O)C(F)(F)F)nc2cc(C(=O)N3CCC[C@@H]3CN)c(Cl)c(OC(=O)C(F)(F)F)c12)c1nc2ccc(Cl)cc2[nH]1. The average Bonchev–Trinajstić information content (AvgIpc) is 3.69. The topological polar surface area (TPSA) is 165 Å². The van der Waals surface area contributed by atoms with Gasteiger partial charge in [-0.3, -0.25) is 4.79 Å². The van der Waals surface area contributed by atoms with Crippen LogP contribution in [0.4, 0.5) is 32.2 Å². The van der Waals surface area contributed by atoms with Crippen molar-refractivity contribution >= 4 is 80.6 Å². The van der Waals surface area contributed by atoms with Gasteiger partial charge in [-0.15, -0.1) is 0 Å². The number of hydrogen-bond acceptors (Lipinski definition) is 11. The summed E-state index contributed by atoms with van der Waals surface area (Å²) in [6.45, 7) is 0.226. The van der Waals surface area contributed by atoms with Gasteiger partial charge in [0.05, 0.1) is 38.6 Å². The molecule has 1 aliphatic rings. The van der Waals surface area contributed by atoms with Crippen LogP contribution >= 0.6 is 35.0 Å². The number of ether oxygens (including phenoxy) is 2. The highest BCUT2D eigenvalue weighted by Crippen LogP contribution is 2.43. The Morgan fingerprint density at radius 3 is 2.42 bits per heavy atom. The van der Waals surface area contributed by atoms with E-state index in [1.807, 2.05) is 0 Å². The number of carbonyl (C=O) groups excluding carboxylic acids is 3. The first-order valence-electron chi connectivity index (χ1n) is 14.6. The number of alkyl halides is 6. The minimum Gasteiger partial charge on any atom is -0.417 e. The fourth-order valence-electron chi connectivity index (χ4n) is 5.26. The molecule has 0 saturated carbocycles. The average molecular weight is 769 g/mol. The van der Waals surface area contributed by atoms with Gasteiger partial charge in [0, 0.05) is 24.2 Å². The summed E-state index contributed by atoms with van der Waals surface area (Å²) in [5.74, 6) is -7.21. The molecule has 12 nitrogen and oxygen atoms in total. The Morgan fingerprint density at radius 1 is 1.06 bits per heavy atom. The Hall–Kier alpha value is -4.07. The van der Waals surface area contributed by atoms with Crippen molar-refractivity contribution in [2.75, 3.05) is 30.4 Å². The van der Waals surface area contributed by atoms with Crippen LogP contribution in [-0.2, 0) is 9.59 Å². The van der Waals surface area contributed by atoms with Crippen LogP contribution in [0.2, 0.25) is 10.0 Å². The number of rotatable bonds is 10. The van der Waals surface area contributed by atoms with Gasteiger partial charge in [-0.25, -0.2) is 14.6 Å². The molecule has 4 aromatic rings. The van der Waals surface area contributed by atoms with Crippen molar-refractivity contribution in [2.24, 2.45) is 5.73 Å². The van der Waals surface area contributed by atoms with E-state index in [9.17, 15) is 40.7 Å². The predicted octanol–water partition coefficient (Wildman–Crippen LogP) is 6.22. The number of aromatic amines is 1. The van der Waals surface area contributed by atoms with E-state index in [0.29, 0.717) is 34.7 Å². The van der Waals surface area contributed by atoms with Crippen molar-refractivity contribution in [3.05, 3.63) is 45.7 Å². The summed E-state index contributed by atoms with van der Waals surface area (Å²) in [5.41, 5.74) is 5.68. The van der Waals surface area contributed by atoms with Gasteiger partial charge in [0.15, 0.2) is 5.75 Å². The highest BCUT2D eigenvalue weighted by molar-refractivity contribution is 7.98. The number of anilines is 1. The lowest BCUT2D eigenvalue weighted by Crippen LogP contribution is -2.40. The molecule has 1 amide bonds. The summed E-state index contributed by atoms with van der Waals surface area (Å²) in [7, 11) is 0. The summed E-state index contributed by atoms with van der Waals surface area (Å²) in [6, 6.07) is 3.15. The summed E-state index contributed by atoms with van der Waals surface area (Å²) >= 11 is 14.0. The number of nitrogens with one attached hydrogen (secondary N) is 2. The maximum atomic E-state index is 13.7. The molecule has 5 rings (SSSR count). The number of hydrogen-bond donors (Lipinski definition) is 3. The lowest BCUT2D eigenvalue weighted by Gasteiger charge is -2.25. The van der Waals surface area contributed by atoms with Crippen LogP contribution in [0.5, 0.6) is 11.8 Å². The molecule has 2 aromatic heterocycles. The third kappa shape index (κ3) is 7.95. The molecule has 0 aliphatic carbocycles. The van der Waals surface area contributed by atoms with Crippen molar-refractivity contribution in [1.29, 1.82) is 0 Å². The quantitative estimate of drug-likeness (QED) is 0.0954. The zero-order valence-corrected chi connectivity index (χ0v) is 27.9. The fourth-order valence-corrected chi connectivity index (χ4v) is 6.17. The largest absolute Gasteiger partial charge is 0.491 e. The van der Waals surface area contributed by atoms with Crippen LogP contribution in [0.25, 0.3) is 21.9 Å². The number of carbonyl (C=O) groups is 3. The highest BCUT2D eigenvalue weighted by atomic mass is 35.5. The van der Waals surface area contributed by atoms with Gasteiger partial charge in [-0.05, 0) is 55.5 Å². The van der Waals surface area contributed by atoms with Gasteiger partial charge in [0.25, 0.3) is 5.91 Å². The molecule has 2 aromatic carbocycles. The number of nitrogens with two attached hydrogens (primary N) is 1. The van der Waals surface area contributed by atoms with E-state index >= 15 is 0 Å². The van der Waals surface area contributed by atoms with Crippen LogP contribution in [0.1, 0.15) is 41.5 Å². The van der Waals surface area contributed by atoms with Gasteiger partial charge in [0.2, 0.25) is 0 Å². The molecule has 1 saturated heterocycles. The Labute approximate surface area is 292 Å². The Balaban J connectivity index is 1.75. The van der Waals surface area contributed by atoms with Crippen molar-refractivity contribution in [1.82, 2.24) is 24.8 Å². The van der Waals surface area contributed by atoms with Gasteiger partial charge in [-0.2, -0.15) is 48.1 Å². The Bertz CT molecular complexity index is 1960. The van der Waals surface area contributed by atoms with E-state index in [0.717, 1.165) is 6.07 Å². The first-order valence-corrected chi connectivity index (χ1v) is 16.7. The molecule has 4 N–H and O–H groups in total. The summed E-state index contributed by atoms with van der Waals surface area (Å²) in [5, 5.41) is 1.96. The zero-order chi connectivity index (χ0) is 36.5. The number of aromatic nitrogens is 4. The second kappa shape index (κ2) is 14.7. The minimum atomic E-state index is -5.55. The van der Waals surface area contributed by atoms with Crippen LogP contribution in [0.3, 0.4) is 0 Å². The van der Waals surface area contributed by atoms with E-state index in [1.54, 1.807) is 24.5 Å². The van der Waals surface area contributed by atoms with E-state index in [4.69, 9.17) is 33.7 Å². The normalized spacial score (nSPS) is 15.8. The maximum Gasteiger partial charge on any atom is 0.491 e. The van der Waals surface area contributed by atoms with Crippen molar-refractivity contribution < 1.29 is 50.2 Å². The number of halogens is 8. The van der Waals surface area contributed by atoms with Gasteiger partial charge < -0.3 is 30.4 Å². The van der Waals surface area contributed by atoms with Crippen LogP contribution in [0, 0.1) is 0 Å². The van der Waals surface area contributed by atoms with Crippen molar-refractivity contribution in [3.63, 3.8) is 0 Å². The number of nitrogens with zero attached hydrogens (tertiary/aromatic N) is 4. The summed E-state index contributed by atoms with van der Waals surface area (Å²) < 4.78 is 89.4. The molecule has 0 radical (unpaired) electrons. The summed E-state index contributed by atoms with van der Waals surface area (Å²) in [4.78, 5) is 54.3. The number of fused-ring (bicyclic) bond motifs is 2. The molecule has 21 heteroatoms. The Morgan fingerprint density at radius 2 is 1.76 bits per heavy atom. The third-order valence-electron chi connectivity index (χ3n) is 7.56. The van der Waals surface area contributed by atoms with Crippen LogP contribution < -0.4 is 20.5 Å². The van der Waals surface area contributed by atoms with Gasteiger partial charge in [0.1, 0.15) is 11.6 Å². The van der Waals surface area contributed by atoms with E-state index in [2.05, 4.69) is 30.0 Å². The molecule has 1 aliphatic heterocycles. The van der Waals surface area contributed by atoms with Crippen molar-refractivity contribution in [3.8, 4) is 11.8 Å². The van der Waals surface area contributed by atoms with Gasteiger partial charge in [-0.1, -0.05) is 23.2 Å². The molecule has 0 spiro atoms.